The number of carbonyl (C=O) groups is 1. The molecule has 0 saturated heterocycles. The second-order valence-corrected chi connectivity index (χ2v) is 6.68. The molecule has 1 aromatic rings. The second kappa shape index (κ2) is 6.36. The Morgan fingerprint density at radius 3 is 2.95 bits per heavy atom. The lowest BCUT2D eigenvalue weighted by Crippen LogP contribution is -2.28. The van der Waals surface area contributed by atoms with Crippen LogP contribution in [0.15, 0.2) is 16.6 Å². The van der Waals surface area contributed by atoms with E-state index in [2.05, 4.69) is 33.5 Å². The molecule has 1 atom stereocenters. The molecule has 4 nitrogen and oxygen atoms in total. The van der Waals surface area contributed by atoms with Crippen LogP contribution in [0.1, 0.15) is 44.2 Å². The molecule has 1 aliphatic carbocycles. The maximum Gasteiger partial charge on any atom is 0.246 e. The maximum atomic E-state index is 12.0. The zero-order chi connectivity index (χ0) is 14.8. The Morgan fingerprint density at radius 1 is 1.43 bits per heavy atom. The Bertz CT molecular complexity index is 543. The maximum absolute atomic E-state index is 12.0. The Balaban J connectivity index is 1.71. The van der Waals surface area contributed by atoms with E-state index in [0.29, 0.717) is 0 Å². The SMILES string of the molecule is CCCNC1C(=O)Nc2cc(OCCC3CC3)c(Br)cc21. The molecule has 0 aromatic heterocycles. The molecule has 114 valence electrons. The van der Waals surface area contributed by atoms with Crippen molar-refractivity contribution in [3.8, 4) is 5.75 Å². The van der Waals surface area contributed by atoms with E-state index in [0.717, 1.165) is 53.4 Å². The van der Waals surface area contributed by atoms with Gasteiger partial charge in [0, 0.05) is 17.3 Å². The zero-order valence-corrected chi connectivity index (χ0v) is 13.8. The molecule has 3 rings (SSSR count). The Hall–Kier alpha value is -1.07. The first kappa shape index (κ1) is 14.9. The first-order valence-electron chi connectivity index (χ1n) is 7.69. The zero-order valence-electron chi connectivity index (χ0n) is 12.2. The number of hydrogen-bond acceptors (Lipinski definition) is 3. The molecule has 21 heavy (non-hydrogen) atoms. The van der Waals surface area contributed by atoms with E-state index in [1.807, 2.05) is 12.1 Å². The average molecular weight is 353 g/mol. The van der Waals surface area contributed by atoms with Gasteiger partial charge in [0.1, 0.15) is 11.8 Å². The fraction of sp³-hybridized carbons (Fsp3) is 0.562. The lowest BCUT2D eigenvalue weighted by molar-refractivity contribution is -0.117. The number of ether oxygens (including phenoxy) is 1. The van der Waals surface area contributed by atoms with Crippen molar-refractivity contribution in [2.45, 2.75) is 38.6 Å². The van der Waals surface area contributed by atoms with Crippen LogP contribution in [0.25, 0.3) is 0 Å². The number of halogens is 1. The monoisotopic (exact) mass is 352 g/mol. The predicted molar refractivity (Wildman–Crippen MR) is 86.6 cm³/mol. The van der Waals surface area contributed by atoms with Gasteiger partial charge in [0.15, 0.2) is 0 Å². The summed E-state index contributed by atoms with van der Waals surface area (Å²) in [6.07, 6.45) is 4.81. The summed E-state index contributed by atoms with van der Waals surface area (Å²) in [6.45, 7) is 3.66. The Labute approximate surface area is 133 Å². The molecular formula is C16H21BrN2O2. The minimum Gasteiger partial charge on any atom is -0.492 e. The Morgan fingerprint density at radius 2 is 2.24 bits per heavy atom. The number of hydrogen-bond donors (Lipinski definition) is 2. The van der Waals surface area contributed by atoms with Gasteiger partial charge < -0.3 is 15.4 Å². The lowest BCUT2D eigenvalue weighted by Gasteiger charge is -2.13. The average Bonchev–Trinajstić information content (AvgIpc) is 3.22. The van der Waals surface area contributed by atoms with Gasteiger partial charge in [0.25, 0.3) is 0 Å². The van der Waals surface area contributed by atoms with E-state index in [1.54, 1.807) is 0 Å². The molecule has 1 fully saturated rings. The van der Waals surface area contributed by atoms with Crippen LogP contribution in [0.4, 0.5) is 5.69 Å². The molecule has 2 aliphatic rings. The van der Waals surface area contributed by atoms with Gasteiger partial charge >= 0.3 is 0 Å². The molecule has 1 heterocycles. The van der Waals surface area contributed by atoms with Crippen molar-refractivity contribution in [1.82, 2.24) is 5.32 Å². The van der Waals surface area contributed by atoms with Gasteiger partial charge in [-0.3, -0.25) is 4.79 Å². The third kappa shape index (κ3) is 3.40. The summed E-state index contributed by atoms with van der Waals surface area (Å²) >= 11 is 3.56. The number of amides is 1. The first-order chi connectivity index (χ1) is 10.2. The summed E-state index contributed by atoms with van der Waals surface area (Å²) in [5.41, 5.74) is 1.85. The highest BCUT2D eigenvalue weighted by atomic mass is 79.9. The van der Waals surface area contributed by atoms with E-state index in [-0.39, 0.29) is 11.9 Å². The van der Waals surface area contributed by atoms with E-state index in [4.69, 9.17) is 4.74 Å². The molecular weight excluding hydrogens is 332 g/mol. The summed E-state index contributed by atoms with van der Waals surface area (Å²) in [4.78, 5) is 12.0. The van der Waals surface area contributed by atoms with Crippen molar-refractivity contribution >= 4 is 27.5 Å². The van der Waals surface area contributed by atoms with Gasteiger partial charge in [-0.25, -0.2) is 0 Å². The van der Waals surface area contributed by atoms with Crippen molar-refractivity contribution in [2.24, 2.45) is 5.92 Å². The van der Waals surface area contributed by atoms with Crippen molar-refractivity contribution in [1.29, 1.82) is 0 Å². The highest BCUT2D eigenvalue weighted by molar-refractivity contribution is 9.10. The largest absolute Gasteiger partial charge is 0.492 e. The number of carbonyl (C=O) groups excluding carboxylic acids is 1. The van der Waals surface area contributed by atoms with Gasteiger partial charge in [0.05, 0.1) is 11.1 Å². The molecule has 5 heteroatoms. The van der Waals surface area contributed by atoms with Gasteiger partial charge in [-0.15, -0.1) is 0 Å². The molecule has 0 bridgehead atoms. The smallest absolute Gasteiger partial charge is 0.246 e. The third-order valence-corrected chi connectivity index (χ3v) is 4.63. The summed E-state index contributed by atoms with van der Waals surface area (Å²) in [5, 5.41) is 6.21. The minimum absolute atomic E-state index is 0.0143. The summed E-state index contributed by atoms with van der Waals surface area (Å²) in [7, 11) is 0. The predicted octanol–water partition coefficient (Wildman–Crippen LogP) is 3.62. The first-order valence-corrected chi connectivity index (χ1v) is 8.49. The van der Waals surface area contributed by atoms with Crippen LogP contribution in [0.5, 0.6) is 5.75 Å². The standard InChI is InChI=1S/C16H21BrN2O2/c1-2-6-18-15-11-8-12(17)14(9-13(11)19-16(15)20)21-7-5-10-3-4-10/h8-10,15,18H,2-7H2,1H3,(H,19,20). The van der Waals surface area contributed by atoms with Crippen LogP contribution in [0, 0.1) is 5.92 Å². The molecule has 1 saturated carbocycles. The van der Waals surface area contributed by atoms with Gasteiger partial charge in [0.2, 0.25) is 5.91 Å². The van der Waals surface area contributed by atoms with E-state index in [1.165, 1.54) is 12.8 Å². The topological polar surface area (TPSA) is 50.4 Å². The van der Waals surface area contributed by atoms with Crippen molar-refractivity contribution in [3.05, 3.63) is 22.2 Å². The van der Waals surface area contributed by atoms with Crippen LogP contribution in [0.2, 0.25) is 0 Å². The van der Waals surface area contributed by atoms with Crippen molar-refractivity contribution in [2.75, 3.05) is 18.5 Å². The quantitative estimate of drug-likeness (QED) is 0.787. The summed E-state index contributed by atoms with van der Waals surface area (Å²) < 4.78 is 6.76. The molecule has 0 radical (unpaired) electrons. The fourth-order valence-electron chi connectivity index (χ4n) is 2.61. The number of benzene rings is 1. The number of nitrogens with one attached hydrogen (secondary N) is 2. The number of rotatable bonds is 7. The normalized spacial score (nSPS) is 20.3. The fourth-order valence-corrected chi connectivity index (χ4v) is 3.08. The molecule has 1 aromatic carbocycles. The number of anilines is 1. The van der Waals surface area contributed by atoms with Crippen LogP contribution in [0.3, 0.4) is 0 Å². The summed E-state index contributed by atoms with van der Waals surface area (Å²) in [6, 6.07) is 3.67. The van der Waals surface area contributed by atoms with E-state index < -0.39 is 0 Å². The van der Waals surface area contributed by atoms with Crippen LogP contribution in [-0.2, 0) is 4.79 Å². The highest BCUT2D eigenvalue weighted by Gasteiger charge is 2.31. The van der Waals surface area contributed by atoms with E-state index >= 15 is 0 Å². The third-order valence-electron chi connectivity index (χ3n) is 4.01. The van der Waals surface area contributed by atoms with Gasteiger partial charge in [-0.1, -0.05) is 19.8 Å². The molecule has 1 unspecified atom stereocenters. The highest BCUT2D eigenvalue weighted by Crippen LogP contribution is 2.39. The van der Waals surface area contributed by atoms with Gasteiger partial charge in [-0.2, -0.15) is 0 Å². The molecule has 1 aliphatic heterocycles. The van der Waals surface area contributed by atoms with Crippen LogP contribution >= 0.6 is 15.9 Å². The Kier molecular flexibility index (Phi) is 4.50. The molecule has 1 amide bonds. The lowest BCUT2D eigenvalue weighted by atomic mass is 10.1. The van der Waals surface area contributed by atoms with Crippen LogP contribution < -0.4 is 15.4 Å². The van der Waals surface area contributed by atoms with Crippen molar-refractivity contribution in [3.63, 3.8) is 0 Å². The summed E-state index contributed by atoms with van der Waals surface area (Å²) in [5.74, 6) is 1.69. The van der Waals surface area contributed by atoms with Crippen molar-refractivity contribution < 1.29 is 9.53 Å². The number of fused-ring (bicyclic) bond motifs is 1. The second-order valence-electron chi connectivity index (χ2n) is 5.83. The molecule has 2 N–H and O–H groups in total. The van der Waals surface area contributed by atoms with E-state index in [9.17, 15) is 4.79 Å². The van der Waals surface area contributed by atoms with Gasteiger partial charge in [-0.05, 0) is 47.3 Å². The minimum atomic E-state index is -0.253. The molecule has 0 spiro atoms. The van der Waals surface area contributed by atoms with Crippen LogP contribution in [-0.4, -0.2) is 19.1 Å².